The fourth-order valence-corrected chi connectivity index (χ4v) is 4.34. The molecule has 1 aromatic carbocycles. The van der Waals surface area contributed by atoms with Crippen LogP contribution in [0.5, 0.6) is 0 Å². The van der Waals surface area contributed by atoms with Crippen molar-refractivity contribution < 1.29 is 4.79 Å². The van der Waals surface area contributed by atoms with Crippen molar-refractivity contribution in [2.45, 2.75) is 34.6 Å². The van der Waals surface area contributed by atoms with Crippen LogP contribution in [-0.2, 0) is 4.79 Å². The lowest BCUT2D eigenvalue weighted by Crippen LogP contribution is -2.35. The number of hydrogen-bond acceptors (Lipinski definition) is 4. The van der Waals surface area contributed by atoms with Gasteiger partial charge in [0.1, 0.15) is 0 Å². The molecule has 142 valence electrons. The first-order valence-electron chi connectivity index (χ1n) is 8.99. The van der Waals surface area contributed by atoms with E-state index in [4.69, 9.17) is 5.41 Å². The molecule has 0 saturated carbocycles. The number of thioether (sulfide) groups is 1. The average Bonchev–Trinajstić information content (AvgIpc) is 3.12. The lowest BCUT2D eigenvalue weighted by atomic mass is 10.1. The highest BCUT2D eigenvalue weighted by Gasteiger charge is 2.34. The first kappa shape index (κ1) is 18.4. The lowest BCUT2D eigenvalue weighted by Gasteiger charge is -2.20. The van der Waals surface area contributed by atoms with E-state index in [0.29, 0.717) is 5.17 Å². The van der Waals surface area contributed by atoms with Gasteiger partial charge in [-0.25, -0.2) is 0 Å². The number of fused-ring (bicyclic) bond motifs is 1. The summed E-state index contributed by atoms with van der Waals surface area (Å²) >= 11 is 1.31. The van der Waals surface area contributed by atoms with Crippen molar-refractivity contribution in [3.63, 3.8) is 0 Å². The number of aromatic nitrogens is 1. The number of hydrogen-bond donors (Lipinski definition) is 1. The second-order valence-electron chi connectivity index (χ2n) is 7.09. The van der Waals surface area contributed by atoms with Crippen LogP contribution in [0, 0.1) is 33.1 Å². The molecule has 0 aliphatic carbocycles. The maximum atomic E-state index is 12.5. The monoisotopic (exact) mass is 391 g/mol. The van der Waals surface area contributed by atoms with Gasteiger partial charge in [-0.3, -0.25) is 10.2 Å². The fraction of sp³-hybridized carbons (Fsp3) is 0.238. The third-order valence-electron chi connectivity index (χ3n) is 4.92. The number of amides is 1. The SMILES string of the molecule is CC1=NN2C(=N)/C(=C\c3cc(C)n(-c4ccc(C)cc4C)c3C)C(=O)N=C2S1. The lowest BCUT2D eigenvalue weighted by molar-refractivity contribution is -0.114. The number of carbonyl (C=O) groups is 1. The van der Waals surface area contributed by atoms with E-state index in [-0.39, 0.29) is 11.4 Å². The number of aryl methyl sites for hydroxylation is 3. The molecule has 0 fully saturated rings. The third-order valence-corrected chi connectivity index (χ3v) is 5.74. The molecule has 3 heterocycles. The van der Waals surface area contributed by atoms with E-state index in [9.17, 15) is 4.79 Å². The zero-order valence-electron chi connectivity index (χ0n) is 16.5. The summed E-state index contributed by atoms with van der Waals surface area (Å²) < 4.78 is 2.18. The molecular weight excluding hydrogens is 370 g/mol. The molecule has 2 aromatic rings. The molecule has 0 unspecified atom stereocenters. The van der Waals surface area contributed by atoms with E-state index in [1.54, 1.807) is 6.08 Å². The van der Waals surface area contributed by atoms with Crippen LogP contribution in [0.2, 0.25) is 0 Å². The molecule has 7 heteroatoms. The van der Waals surface area contributed by atoms with Crippen molar-refractivity contribution >= 4 is 39.8 Å². The van der Waals surface area contributed by atoms with Crippen LogP contribution in [0.3, 0.4) is 0 Å². The minimum atomic E-state index is -0.398. The molecule has 6 nitrogen and oxygen atoms in total. The topological polar surface area (TPSA) is 73.8 Å². The fourth-order valence-electron chi connectivity index (χ4n) is 3.60. The summed E-state index contributed by atoms with van der Waals surface area (Å²) in [5, 5.41) is 15.4. The minimum Gasteiger partial charge on any atom is -0.318 e. The highest BCUT2D eigenvalue weighted by atomic mass is 32.2. The Bertz CT molecular complexity index is 1140. The number of hydrazone groups is 1. The molecule has 0 saturated heterocycles. The summed E-state index contributed by atoms with van der Waals surface area (Å²) in [5.74, 6) is -0.333. The molecule has 2 aliphatic rings. The third kappa shape index (κ3) is 2.92. The van der Waals surface area contributed by atoms with Crippen molar-refractivity contribution in [2.75, 3.05) is 0 Å². The van der Waals surface area contributed by atoms with Crippen molar-refractivity contribution in [1.82, 2.24) is 9.58 Å². The van der Waals surface area contributed by atoms with Gasteiger partial charge in [-0.1, -0.05) is 17.7 Å². The van der Waals surface area contributed by atoms with Crippen LogP contribution in [0.15, 0.2) is 39.9 Å². The van der Waals surface area contributed by atoms with Crippen molar-refractivity contribution in [3.05, 3.63) is 57.9 Å². The van der Waals surface area contributed by atoms with E-state index in [1.807, 2.05) is 26.8 Å². The predicted molar refractivity (Wildman–Crippen MR) is 115 cm³/mol. The Morgan fingerprint density at radius 1 is 1.11 bits per heavy atom. The van der Waals surface area contributed by atoms with Gasteiger partial charge in [0.25, 0.3) is 5.91 Å². The van der Waals surface area contributed by atoms with Gasteiger partial charge in [0.2, 0.25) is 5.17 Å². The highest BCUT2D eigenvalue weighted by molar-refractivity contribution is 8.26. The molecule has 28 heavy (non-hydrogen) atoms. The minimum absolute atomic E-state index is 0.0654. The standard InChI is InChI=1S/C21H21N5OS/c1-11-6-7-18(12(2)8-11)25-13(3)9-16(14(25)4)10-17-19(22)26-21(23-20(17)27)28-15(5)24-26/h6-10,22H,1-5H3/b17-10+,22-19?. The van der Waals surface area contributed by atoms with Gasteiger partial charge < -0.3 is 4.57 Å². The van der Waals surface area contributed by atoms with Gasteiger partial charge in [-0.15, -0.1) is 0 Å². The Hall–Kier alpha value is -2.93. The van der Waals surface area contributed by atoms with Crippen LogP contribution >= 0.6 is 11.8 Å². The normalized spacial score (nSPS) is 17.9. The first-order chi connectivity index (χ1) is 13.3. The van der Waals surface area contributed by atoms with Crippen LogP contribution in [-0.4, -0.2) is 31.5 Å². The van der Waals surface area contributed by atoms with Crippen molar-refractivity contribution in [2.24, 2.45) is 10.1 Å². The highest BCUT2D eigenvalue weighted by Crippen LogP contribution is 2.30. The summed E-state index contributed by atoms with van der Waals surface area (Å²) in [6.07, 6.45) is 1.75. The number of rotatable bonds is 2. The van der Waals surface area contributed by atoms with E-state index in [1.165, 1.54) is 27.9 Å². The Kier molecular flexibility index (Phi) is 4.34. The summed E-state index contributed by atoms with van der Waals surface area (Å²) in [6, 6.07) is 8.41. The average molecular weight is 392 g/mol. The number of carbonyl (C=O) groups excluding carboxylic acids is 1. The summed E-state index contributed by atoms with van der Waals surface area (Å²) in [6.45, 7) is 10.1. The Morgan fingerprint density at radius 3 is 2.57 bits per heavy atom. The zero-order chi connectivity index (χ0) is 20.2. The van der Waals surface area contributed by atoms with Gasteiger partial charge >= 0.3 is 0 Å². The van der Waals surface area contributed by atoms with Crippen molar-refractivity contribution in [3.8, 4) is 5.69 Å². The van der Waals surface area contributed by atoms with Crippen molar-refractivity contribution in [1.29, 1.82) is 5.41 Å². The number of nitrogens with one attached hydrogen (secondary N) is 1. The molecule has 1 aromatic heterocycles. The second kappa shape index (κ2) is 6.60. The number of amidine groups is 2. The van der Waals surface area contributed by atoms with Gasteiger partial charge in [-0.2, -0.15) is 15.1 Å². The van der Waals surface area contributed by atoms with Gasteiger partial charge in [0.15, 0.2) is 5.84 Å². The van der Waals surface area contributed by atoms with Gasteiger partial charge in [0, 0.05) is 17.1 Å². The van der Waals surface area contributed by atoms with Gasteiger partial charge in [0.05, 0.1) is 10.6 Å². The summed E-state index contributed by atoms with van der Waals surface area (Å²) in [4.78, 5) is 16.6. The van der Waals surface area contributed by atoms with E-state index < -0.39 is 5.91 Å². The van der Waals surface area contributed by atoms with E-state index in [0.717, 1.165) is 27.7 Å². The quantitative estimate of drug-likeness (QED) is 0.774. The zero-order valence-corrected chi connectivity index (χ0v) is 17.3. The van der Waals surface area contributed by atoms with Crippen LogP contribution < -0.4 is 0 Å². The molecule has 0 atom stereocenters. The molecular formula is C21H21N5OS. The summed E-state index contributed by atoms with van der Waals surface area (Å²) in [5.41, 5.74) is 6.77. The molecule has 2 aliphatic heterocycles. The maximum Gasteiger partial charge on any atom is 0.283 e. The summed E-state index contributed by atoms with van der Waals surface area (Å²) in [7, 11) is 0. The molecule has 1 N–H and O–H groups in total. The molecule has 0 spiro atoms. The largest absolute Gasteiger partial charge is 0.318 e. The van der Waals surface area contributed by atoms with Crippen LogP contribution in [0.25, 0.3) is 11.8 Å². The first-order valence-corrected chi connectivity index (χ1v) is 9.81. The van der Waals surface area contributed by atoms with E-state index in [2.05, 4.69) is 46.7 Å². The van der Waals surface area contributed by atoms with E-state index >= 15 is 0 Å². The number of benzene rings is 1. The Balaban J connectivity index is 1.79. The Labute approximate surface area is 168 Å². The Morgan fingerprint density at radius 2 is 1.86 bits per heavy atom. The van der Waals surface area contributed by atoms with Gasteiger partial charge in [-0.05, 0) is 75.7 Å². The van der Waals surface area contributed by atoms with Crippen LogP contribution in [0.1, 0.15) is 35.0 Å². The van der Waals surface area contributed by atoms with Crippen LogP contribution in [0.4, 0.5) is 0 Å². The molecule has 0 bridgehead atoms. The number of aliphatic imine (C=N–C) groups is 1. The predicted octanol–water partition coefficient (Wildman–Crippen LogP) is 4.35. The maximum absolute atomic E-state index is 12.5. The molecule has 0 radical (unpaired) electrons. The molecule has 1 amide bonds. The second-order valence-corrected chi connectivity index (χ2v) is 8.25. The smallest absolute Gasteiger partial charge is 0.283 e. The number of nitrogens with zero attached hydrogens (tertiary/aromatic N) is 4. The molecule has 4 rings (SSSR count).